The molecule has 13 nitrogen and oxygen atoms in total. The number of fused-ring (bicyclic) bond motifs is 3. The molecule has 4 aromatic rings. The van der Waals surface area contributed by atoms with E-state index in [1.165, 1.54) is 21.9 Å². The van der Waals surface area contributed by atoms with E-state index < -0.39 is 0 Å². The van der Waals surface area contributed by atoms with Gasteiger partial charge in [-0.3, -0.25) is 24.2 Å². The molecule has 288 valence electrons. The first-order chi connectivity index (χ1) is 26.4. The van der Waals surface area contributed by atoms with Gasteiger partial charge in [0.05, 0.1) is 17.1 Å². The lowest BCUT2D eigenvalue weighted by molar-refractivity contribution is -0.111. The van der Waals surface area contributed by atoms with E-state index in [2.05, 4.69) is 68.4 Å². The van der Waals surface area contributed by atoms with Gasteiger partial charge in [0.25, 0.3) is 11.5 Å². The zero-order valence-electron chi connectivity index (χ0n) is 32.7. The highest BCUT2D eigenvalue weighted by molar-refractivity contribution is 6.06. The highest BCUT2D eigenvalue weighted by Crippen LogP contribution is 2.40. The predicted molar refractivity (Wildman–Crippen MR) is 218 cm³/mol. The lowest BCUT2D eigenvalue weighted by Crippen LogP contribution is -2.52. The predicted octanol–water partition coefficient (Wildman–Crippen LogP) is 4.82. The van der Waals surface area contributed by atoms with Gasteiger partial charge >= 0.3 is 0 Å². The van der Waals surface area contributed by atoms with Crippen LogP contribution >= 0.6 is 0 Å². The van der Waals surface area contributed by atoms with Crippen LogP contribution in [0, 0.1) is 12.3 Å². The molecule has 0 unspecified atom stereocenters. The molecule has 13 heteroatoms. The van der Waals surface area contributed by atoms with E-state index in [0.29, 0.717) is 42.0 Å². The average molecular weight is 745 g/mol. The minimum absolute atomic E-state index is 0.0517. The molecule has 2 N–H and O–H groups in total. The highest BCUT2D eigenvalue weighted by atomic mass is 16.2. The Morgan fingerprint density at radius 3 is 2.47 bits per heavy atom. The number of carbonyl (C=O) groups excluding carboxylic acids is 2. The van der Waals surface area contributed by atoms with Crippen molar-refractivity contribution in [1.82, 2.24) is 28.9 Å². The minimum atomic E-state index is -0.306. The Labute approximate surface area is 322 Å². The number of nitrogens with zero attached hydrogens (tertiary/aromatic N) is 8. The number of anilines is 5. The number of aromatic nitrogens is 4. The monoisotopic (exact) mass is 744 g/mol. The topological polar surface area (TPSA) is 124 Å². The standard InChI is InChI=1S/C42H52N10O3/c1-7-37(53)45-32-23-29(8-9-34(32)50-14-11-30(12-15-50)49-18-16-47(5)17-19-49)44-38-41(55)48(6)26-33(46-38)31-10-13-43-39(27(31)2)52-21-20-51-35(40(52)54)22-28-24-42(3,4)25-36(28)51/h7-10,13,22-23,26,30H,1,11-12,14-21,24-25H2,2-6H3,(H,44,46)(H,45,53). The van der Waals surface area contributed by atoms with Gasteiger partial charge in [0.1, 0.15) is 11.5 Å². The summed E-state index contributed by atoms with van der Waals surface area (Å²) in [4.78, 5) is 58.6. The van der Waals surface area contributed by atoms with Crippen LogP contribution in [0.2, 0.25) is 0 Å². The number of pyridine rings is 1. The van der Waals surface area contributed by atoms with E-state index in [-0.39, 0.29) is 28.6 Å². The van der Waals surface area contributed by atoms with Crippen LogP contribution in [-0.2, 0) is 31.2 Å². The van der Waals surface area contributed by atoms with Crippen molar-refractivity contribution in [2.24, 2.45) is 12.5 Å². The maximum atomic E-state index is 13.9. The molecule has 2 fully saturated rings. The maximum absolute atomic E-state index is 13.9. The summed E-state index contributed by atoms with van der Waals surface area (Å²) < 4.78 is 3.71. The van der Waals surface area contributed by atoms with Crippen LogP contribution in [0.4, 0.5) is 28.7 Å². The summed E-state index contributed by atoms with van der Waals surface area (Å²) in [5, 5.41) is 6.24. The normalized spacial score (nSPS) is 19.0. The molecular weight excluding hydrogens is 693 g/mol. The van der Waals surface area contributed by atoms with Crippen molar-refractivity contribution in [3.8, 4) is 11.3 Å². The number of piperidine rings is 1. The van der Waals surface area contributed by atoms with Crippen LogP contribution in [0.3, 0.4) is 0 Å². The number of nitrogens with one attached hydrogen (secondary N) is 2. The van der Waals surface area contributed by atoms with Gasteiger partial charge in [-0.1, -0.05) is 20.4 Å². The van der Waals surface area contributed by atoms with Gasteiger partial charge < -0.3 is 29.6 Å². The molecule has 1 aliphatic carbocycles. The molecule has 2 saturated heterocycles. The van der Waals surface area contributed by atoms with E-state index in [9.17, 15) is 14.4 Å². The van der Waals surface area contributed by atoms with E-state index in [1.807, 2.05) is 31.2 Å². The molecule has 55 heavy (non-hydrogen) atoms. The quantitative estimate of drug-likeness (QED) is 0.245. The number of likely N-dealkylation sites (N-methyl/N-ethyl adjacent to an activating group) is 1. The van der Waals surface area contributed by atoms with Crippen molar-refractivity contribution in [2.75, 3.05) is 73.3 Å². The summed E-state index contributed by atoms with van der Waals surface area (Å²) in [6.45, 7) is 17.6. The Hall–Kier alpha value is -5.27. The maximum Gasteiger partial charge on any atom is 0.293 e. The van der Waals surface area contributed by atoms with Crippen molar-refractivity contribution < 1.29 is 9.59 Å². The fourth-order valence-electron chi connectivity index (χ4n) is 8.97. The average Bonchev–Trinajstić information content (AvgIpc) is 3.66. The summed E-state index contributed by atoms with van der Waals surface area (Å²) in [7, 11) is 3.88. The third kappa shape index (κ3) is 7.06. The molecule has 4 aliphatic rings. The number of rotatable bonds is 8. The number of piperazine rings is 1. The number of aryl methyl sites for hydroxylation is 1. The number of carbonyl (C=O) groups is 2. The first-order valence-corrected chi connectivity index (χ1v) is 19.5. The largest absolute Gasteiger partial charge is 0.370 e. The molecule has 0 spiro atoms. The lowest BCUT2D eigenvalue weighted by Gasteiger charge is -2.43. The Morgan fingerprint density at radius 1 is 0.964 bits per heavy atom. The van der Waals surface area contributed by atoms with Gasteiger partial charge in [-0.05, 0) is 87.0 Å². The van der Waals surface area contributed by atoms with Crippen molar-refractivity contribution in [2.45, 2.75) is 59.0 Å². The van der Waals surface area contributed by atoms with Crippen LogP contribution < -0.4 is 26.0 Å². The number of benzene rings is 1. The smallest absolute Gasteiger partial charge is 0.293 e. The van der Waals surface area contributed by atoms with E-state index in [4.69, 9.17) is 4.98 Å². The third-order valence-electron chi connectivity index (χ3n) is 12.0. The molecule has 0 bridgehead atoms. The van der Waals surface area contributed by atoms with Gasteiger partial charge in [0.15, 0.2) is 5.82 Å². The number of amides is 2. The number of hydrogen-bond acceptors (Lipinski definition) is 9. The van der Waals surface area contributed by atoms with Crippen molar-refractivity contribution in [1.29, 1.82) is 0 Å². The van der Waals surface area contributed by atoms with E-state index >= 15 is 0 Å². The van der Waals surface area contributed by atoms with Gasteiger partial charge in [0, 0.05) is 100 Å². The summed E-state index contributed by atoms with van der Waals surface area (Å²) in [5.41, 5.74) is 7.52. The van der Waals surface area contributed by atoms with Gasteiger partial charge in [-0.25, -0.2) is 9.97 Å². The summed E-state index contributed by atoms with van der Waals surface area (Å²) >= 11 is 0. The Balaban J connectivity index is 1.03. The molecular formula is C42H52N10O3. The van der Waals surface area contributed by atoms with Crippen LogP contribution in [0.15, 0.2) is 60.2 Å². The Morgan fingerprint density at radius 2 is 1.73 bits per heavy atom. The molecule has 1 aromatic carbocycles. The molecule has 3 aliphatic heterocycles. The molecule has 0 radical (unpaired) electrons. The second-order valence-electron chi connectivity index (χ2n) is 16.4. The van der Waals surface area contributed by atoms with Crippen LogP contribution in [-0.4, -0.2) is 99.6 Å². The zero-order valence-corrected chi connectivity index (χ0v) is 32.7. The van der Waals surface area contributed by atoms with Crippen molar-refractivity contribution in [3.63, 3.8) is 0 Å². The molecule has 6 heterocycles. The van der Waals surface area contributed by atoms with Crippen LogP contribution in [0.1, 0.15) is 54.0 Å². The van der Waals surface area contributed by atoms with Gasteiger partial charge in [-0.2, -0.15) is 0 Å². The molecule has 0 atom stereocenters. The first-order valence-electron chi connectivity index (χ1n) is 19.5. The van der Waals surface area contributed by atoms with Crippen LogP contribution in [0.25, 0.3) is 11.3 Å². The third-order valence-corrected chi connectivity index (χ3v) is 12.0. The SMILES string of the molecule is C=CC(=O)Nc1cc(Nc2nc(-c3ccnc(N4CCn5c(cc6c5CC(C)(C)C6)C4=O)c3C)cn(C)c2=O)ccc1N1CCC(N2CCN(C)CC2)CC1. The fourth-order valence-corrected chi connectivity index (χ4v) is 8.97. The molecule has 8 rings (SSSR count). The summed E-state index contributed by atoms with van der Waals surface area (Å²) in [6.07, 6.45) is 8.73. The van der Waals surface area contributed by atoms with Crippen molar-refractivity contribution in [3.05, 3.63) is 88.2 Å². The van der Waals surface area contributed by atoms with E-state index in [0.717, 1.165) is 87.5 Å². The lowest BCUT2D eigenvalue weighted by atomic mass is 9.90. The molecule has 2 amide bonds. The van der Waals surface area contributed by atoms with Gasteiger partial charge in [-0.15, -0.1) is 0 Å². The summed E-state index contributed by atoms with van der Waals surface area (Å²) in [5.74, 6) is 0.374. The van der Waals surface area contributed by atoms with Crippen molar-refractivity contribution >= 4 is 40.5 Å². The molecule has 0 saturated carbocycles. The Kier molecular flexibility index (Phi) is 9.62. The zero-order chi connectivity index (χ0) is 38.6. The minimum Gasteiger partial charge on any atom is -0.370 e. The fraction of sp³-hybridized carbons (Fsp3) is 0.452. The Bertz CT molecular complexity index is 2220. The molecule has 3 aromatic heterocycles. The second-order valence-corrected chi connectivity index (χ2v) is 16.4. The van der Waals surface area contributed by atoms with E-state index in [1.54, 1.807) is 24.3 Å². The summed E-state index contributed by atoms with van der Waals surface area (Å²) in [6, 6.07) is 10.3. The highest BCUT2D eigenvalue weighted by Gasteiger charge is 2.37. The van der Waals surface area contributed by atoms with Gasteiger partial charge in [0.2, 0.25) is 5.91 Å². The van der Waals surface area contributed by atoms with Crippen LogP contribution in [0.5, 0.6) is 0 Å². The second kappa shape index (κ2) is 14.4. The first kappa shape index (κ1) is 36.7. The number of hydrogen-bond donors (Lipinski definition) is 2.